The van der Waals surface area contributed by atoms with E-state index >= 15 is 0 Å². The van der Waals surface area contributed by atoms with Crippen LogP contribution in [0.25, 0.3) is 0 Å². The monoisotopic (exact) mass is 386 g/mol. The van der Waals surface area contributed by atoms with Gasteiger partial charge < -0.3 is 14.5 Å². The molecular formula is C22H34N4O2. The highest BCUT2D eigenvalue weighted by atomic mass is 16.5. The van der Waals surface area contributed by atoms with E-state index in [-0.39, 0.29) is 0 Å². The molecule has 2 heterocycles. The minimum Gasteiger partial charge on any atom is -0.497 e. The molecule has 0 unspecified atom stereocenters. The first kappa shape index (κ1) is 19.5. The van der Waals surface area contributed by atoms with Gasteiger partial charge in [0.15, 0.2) is 0 Å². The van der Waals surface area contributed by atoms with Crippen LogP contribution in [0.15, 0.2) is 24.3 Å². The quantitative estimate of drug-likeness (QED) is 0.773. The van der Waals surface area contributed by atoms with Gasteiger partial charge in [-0.3, -0.25) is 14.6 Å². The van der Waals surface area contributed by atoms with E-state index in [1.165, 1.54) is 31.4 Å². The number of ether oxygens (including phenoxy) is 1. The number of hydrogen-bond donors (Lipinski definition) is 0. The van der Waals surface area contributed by atoms with Crippen molar-refractivity contribution in [3.8, 4) is 5.75 Å². The topological polar surface area (TPSA) is 39.3 Å². The molecule has 0 N–H and O–H groups in total. The number of anilines is 1. The van der Waals surface area contributed by atoms with Crippen molar-refractivity contribution in [3.63, 3.8) is 0 Å². The van der Waals surface area contributed by atoms with Crippen molar-refractivity contribution in [3.05, 3.63) is 24.3 Å². The van der Waals surface area contributed by atoms with Gasteiger partial charge in [-0.25, -0.2) is 0 Å². The van der Waals surface area contributed by atoms with Gasteiger partial charge in [0.1, 0.15) is 5.75 Å². The fraction of sp³-hybridized carbons (Fsp3) is 0.682. The lowest BCUT2D eigenvalue weighted by Crippen LogP contribution is -2.54. The van der Waals surface area contributed by atoms with Gasteiger partial charge in [0.25, 0.3) is 0 Å². The molecule has 6 nitrogen and oxygen atoms in total. The summed E-state index contributed by atoms with van der Waals surface area (Å²) in [6, 6.07) is 9.00. The van der Waals surface area contributed by atoms with Gasteiger partial charge in [0, 0.05) is 64.1 Å². The van der Waals surface area contributed by atoms with Crippen molar-refractivity contribution in [1.29, 1.82) is 0 Å². The minimum atomic E-state index is 0.295. The molecule has 0 radical (unpaired) electrons. The number of methoxy groups -OCH3 is 1. The summed E-state index contributed by atoms with van der Waals surface area (Å²) >= 11 is 0. The van der Waals surface area contributed by atoms with Crippen LogP contribution in [0.5, 0.6) is 5.75 Å². The molecule has 3 fully saturated rings. The third kappa shape index (κ3) is 4.61. The lowest BCUT2D eigenvalue weighted by molar-refractivity contribution is -0.133. The van der Waals surface area contributed by atoms with E-state index in [0.717, 1.165) is 64.1 Å². The van der Waals surface area contributed by atoms with Gasteiger partial charge >= 0.3 is 0 Å². The molecular weight excluding hydrogens is 352 g/mol. The van der Waals surface area contributed by atoms with Crippen LogP contribution in [0.4, 0.5) is 5.69 Å². The van der Waals surface area contributed by atoms with Crippen LogP contribution < -0.4 is 9.64 Å². The average Bonchev–Trinajstić information content (AvgIpc) is 3.29. The fourth-order valence-corrected chi connectivity index (χ4v) is 4.85. The number of benzene rings is 1. The summed E-state index contributed by atoms with van der Waals surface area (Å²) in [6.45, 7) is 8.33. The molecule has 0 bridgehead atoms. The summed E-state index contributed by atoms with van der Waals surface area (Å²) in [7, 11) is 1.69. The highest BCUT2D eigenvalue weighted by Crippen LogP contribution is 2.24. The second kappa shape index (κ2) is 9.14. The number of carbonyl (C=O) groups is 1. The van der Waals surface area contributed by atoms with Crippen LogP contribution in [0.3, 0.4) is 0 Å². The maximum absolute atomic E-state index is 12.8. The summed E-state index contributed by atoms with van der Waals surface area (Å²) in [5.74, 6) is 1.18. The average molecular weight is 387 g/mol. The third-order valence-corrected chi connectivity index (χ3v) is 6.68. The van der Waals surface area contributed by atoms with Crippen LogP contribution in [-0.4, -0.2) is 92.7 Å². The largest absolute Gasteiger partial charge is 0.497 e. The Morgan fingerprint density at radius 2 is 1.57 bits per heavy atom. The zero-order chi connectivity index (χ0) is 19.3. The van der Waals surface area contributed by atoms with Crippen LogP contribution in [-0.2, 0) is 4.79 Å². The molecule has 0 aromatic heterocycles. The molecule has 1 amide bonds. The van der Waals surface area contributed by atoms with E-state index in [2.05, 4.69) is 26.8 Å². The molecule has 2 saturated heterocycles. The first-order valence-corrected chi connectivity index (χ1v) is 10.9. The van der Waals surface area contributed by atoms with Crippen LogP contribution in [0, 0.1) is 0 Å². The summed E-state index contributed by atoms with van der Waals surface area (Å²) in [5.41, 5.74) is 1.20. The number of rotatable bonds is 5. The minimum absolute atomic E-state index is 0.295. The van der Waals surface area contributed by atoms with Crippen molar-refractivity contribution in [2.24, 2.45) is 0 Å². The lowest BCUT2D eigenvalue weighted by atomic mass is 10.2. The van der Waals surface area contributed by atoms with Crippen molar-refractivity contribution in [2.45, 2.75) is 31.7 Å². The summed E-state index contributed by atoms with van der Waals surface area (Å²) in [4.78, 5) is 22.2. The highest BCUT2D eigenvalue weighted by molar-refractivity contribution is 5.78. The number of amides is 1. The Morgan fingerprint density at radius 3 is 2.18 bits per heavy atom. The van der Waals surface area contributed by atoms with Crippen LogP contribution >= 0.6 is 0 Å². The third-order valence-electron chi connectivity index (χ3n) is 6.68. The van der Waals surface area contributed by atoms with E-state index < -0.39 is 0 Å². The number of nitrogens with zero attached hydrogens (tertiary/aromatic N) is 4. The van der Waals surface area contributed by atoms with Gasteiger partial charge in [-0.2, -0.15) is 0 Å². The molecule has 6 heteroatoms. The van der Waals surface area contributed by atoms with Crippen molar-refractivity contribution < 1.29 is 9.53 Å². The number of hydrogen-bond acceptors (Lipinski definition) is 5. The Bertz CT molecular complexity index is 628. The predicted molar refractivity (Wildman–Crippen MR) is 112 cm³/mol. The normalized spacial score (nSPS) is 22.6. The molecule has 0 atom stereocenters. The maximum atomic E-state index is 12.8. The van der Waals surface area contributed by atoms with E-state index in [1.54, 1.807) is 7.11 Å². The molecule has 1 aromatic carbocycles. The molecule has 2 aliphatic heterocycles. The van der Waals surface area contributed by atoms with Crippen molar-refractivity contribution in [1.82, 2.24) is 14.7 Å². The van der Waals surface area contributed by atoms with Gasteiger partial charge in [-0.05, 0) is 37.1 Å². The second-order valence-electron chi connectivity index (χ2n) is 8.32. The fourth-order valence-electron chi connectivity index (χ4n) is 4.85. The van der Waals surface area contributed by atoms with Gasteiger partial charge in [-0.15, -0.1) is 0 Å². The Morgan fingerprint density at radius 1 is 0.929 bits per heavy atom. The van der Waals surface area contributed by atoms with Gasteiger partial charge in [0.05, 0.1) is 13.7 Å². The van der Waals surface area contributed by atoms with Gasteiger partial charge in [0.2, 0.25) is 5.91 Å². The molecule has 1 aromatic rings. The van der Waals surface area contributed by atoms with Crippen LogP contribution in [0.1, 0.15) is 25.7 Å². The summed E-state index contributed by atoms with van der Waals surface area (Å²) < 4.78 is 5.23. The smallest absolute Gasteiger partial charge is 0.236 e. The highest BCUT2D eigenvalue weighted by Gasteiger charge is 2.28. The SMILES string of the molecule is COc1ccc(N2CCN(C(=O)CN3CCN(C4CCCC4)CC3)CC2)cc1. The lowest BCUT2D eigenvalue weighted by Gasteiger charge is -2.40. The first-order valence-electron chi connectivity index (χ1n) is 10.9. The first-order chi connectivity index (χ1) is 13.7. The van der Waals surface area contributed by atoms with Gasteiger partial charge in [-0.1, -0.05) is 12.8 Å². The zero-order valence-corrected chi connectivity index (χ0v) is 17.2. The zero-order valence-electron chi connectivity index (χ0n) is 17.2. The van der Waals surface area contributed by atoms with E-state index in [1.807, 2.05) is 17.0 Å². The Hall–Kier alpha value is -1.79. The van der Waals surface area contributed by atoms with E-state index in [0.29, 0.717) is 12.5 Å². The Balaban J connectivity index is 1.20. The Labute approximate surface area is 169 Å². The maximum Gasteiger partial charge on any atom is 0.236 e. The van der Waals surface area contributed by atoms with Crippen molar-refractivity contribution >= 4 is 11.6 Å². The number of piperazine rings is 2. The molecule has 1 saturated carbocycles. The molecule has 154 valence electrons. The molecule has 3 aliphatic rings. The Kier molecular flexibility index (Phi) is 6.37. The standard InChI is InChI=1S/C22H34N4O2/c1-28-21-8-6-20(7-9-21)25-14-16-26(17-15-25)22(27)18-23-10-12-24(13-11-23)19-4-2-3-5-19/h6-9,19H,2-5,10-18H2,1H3. The molecule has 4 rings (SSSR count). The molecule has 28 heavy (non-hydrogen) atoms. The molecule has 1 aliphatic carbocycles. The summed E-state index contributed by atoms with van der Waals surface area (Å²) in [5, 5.41) is 0. The second-order valence-corrected chi connectivity index (χ2v) is 8.32. The van der Waals surface area contributed by atoms with E-state index in [9.17, 15) is 4.79 Å². The number of carbonyl (C=O) groups excluding carboxylic acids is 1. The van der Waals surface area contributed by atoms with E-state index in [4.69, 9.17) is 4.74 Å². The predicted octanol–water partition coefficient (Wildman–Crippen LogP) is 1.90. The van der Waals surface area contributed by atoms with Crippen LogP contribution in [0.2, 0.25) is 0 Å². The summed E-state index contributed by atoms with van der Waals surface area (Å²) in [6.07, 6.45) is 5.53. The molecule has 0 spiro atoms. The van der Waals surface area contributed by atoms with Crippen molar-refractivity contribution in [2.75, 3.05) is 70.9 Å².